The van der Waals surface area contributed by atoms with E-state index in [0.717, 1.165) is 41.7 Å². The van der Waals surface area contributed by atoms with E-state index in [0.29, 0.717) is 6.42 Å². The number of imidazole rings is 1. The second-order valence-electron chi connectivity index (χ2n) is 12.1. The van der Waals surface area contributed by atoms with Gasteiger partial charge in [-0.05, 0) is 50.3 Å². The summed E-state index contributed by atoms with van der Waals surface area (Å²) in [6, 6.07) is 5.89. The maximum absolute atomic E-state index is 13.3. The summed E-state index contributed by atoms with van der Waals surface area (Å²) in [5.41, 5.74) is 1.12. The molecule has 1 unspecified atom stereocenters. The van der Waals surface area contributed by atoms with Gasteiger partial charge in [-0.2, -0.15) is 0 Å². The minimum Gasteiger partial charge on any atom is -0.457 e. The Morgan fingerprint density at radius 2 is 1.84 bits per heavy atom. The highest BCUT2D eigenvalue weighted by Crippen LogP contribution is 2.46. The number of hydrogen-bond donors (Lipinski definition) is 2. The standard InChI is InChI=1S/C29H42N2O6/c1-16-9-8-12-29(6)24(37-29)14-22(19-10-11-21-20(13-19)30-18(3)31(21)7)36-25(33)15-23(32)28(4,5)27(35)17(2)26(16)34/h10-11,13,16-17,22-24,26,32,34H,8-9,12,14-15H2,1-7H3/t16-,17+,22-,23-,24-,26?,29+/m0/s1. The minimum atomic E-state index is -1.24. The molecule has 2 aliphatic heterocycles. The first-order valence-electron chi connectivity index (χ1n) is 13.5. The zero-order valence-corrected chi connectivity index (χ0v) is 23.2. The van der Waals surface area contributed by atoms with Crippen LogP contribution in [0.4, 0.5) is 0 Å². The highest BCUT2D eigenvalue weighted by molar-refractivity contribution is 5.88. The van der Waals surface area contributed by atoms with Crippen molar-refractivity contribution in [2.24, 2.45) is 24.3 Å². The molecule has 204 valence electrons. The van der Waals surface area contributed by atoms with Gasteiger partial charge in [0.15, 0.2) is 0 Å². The number of Topliss-reactive ketones (excluding diaryl/α,β-unsaturated/α-hetero) is 1. The molecule has 0 bridgehead atoms. The van der Waals surface area contributed by atoms with Gasteiger partial charge in [-0.3, -0.25) is 9.59 Å². The first-order chi connectivity index (χ1) is 17.2. The normalized spacial score (nSPS) is 35.7. The summed E-state index contributed by atoms with van der Waals surface area (Å²) in [7, 11) is 1.96. The number of aliphatic hydroxyl groups is 2. The van der Waals surface area contributed by atoms with Crippen LogP contribution in [0, 0.1) is 24.2 Å². The number of nitrogens with zero attached hydrogens (tertiary/aromatic N) is 2. The SMILES string of the molecule is Cc1nc2cc([C@@H]3C[C@@H]4O[C@]4(C)CCC[C@H](C)C(O)[C@@H](C)C(=O)C(C)(C)[C@@H](O)CC(=O)O3)ccc2n1C. The fourth-order valence-corrected chi connectivity index (χ4v) is 5.76. The van der Waals surface area contributed by atoms with E-state index in [1.807, 2.05) is 43.7 Å². The molecule has 1 aromatic carbocycles. The van der Waals surface area contributed by atoms with Crippen LogP contribution >= 0.6 is 0 Å². The summed E-state index contributed by atoms with van der Waals surface area (Å²) in [6.07, 6.45) is -0.0873. The number of ether oxygens (including phenoxy) is 2. The molecule has 8 nitrogen and oxygen atoms in total. The van der Waals surface area contributed by atoms with Crippen molar-refractivity contribution in [3.05, 3.63) is 29.6 Å². The topological polar surface area (TPSA) is 114 Å². The van der Waals surface area contributed by atoms with Crippen LogP contribution in [0.25, 0.3) is 11.0 Å². The maximum atomic E-state index is 13.3. The van der Waals surface area contributed by atoms with E-state index in [1.54, 1.807) is 20.8 Å². The monoisotopic (exact) mass is 514 g/mol. The van der Waals surface area contributed by atoms with Gasteiger partial charge in [0.05, 0.1) is 46.8 Å². The molecule has 37 heavy (non-hydrogen) atoms. The molecule has 2 aromatic rings. The van der Waals surface area contributed by atoms with Crippen molar-refractivity contribution in [1.82, 2.24) is 9.55 Å². The van der Waals surface area contributed by atoms with Crippen molar-refractivity contribution in [2.45, 2.75) is 104 Å². The Morgan fingerprint density at radius 1 is 1.14 bits per heavy atom. The summed E-state index contributed by atoms with van der Waals surface area (Å²) in [5, 5.41) is 21.8. The van der Waals surface area contributed by atoms with E-state index in [2.05, 4.69) is 11.9 Å². The second kappa shape index (κ2) is 10.1. The van der Waals surface area contributed by atoms with Crippen molar-refractivity contribution in [2.75, 3.05) is 0 Å². The van der Waals surface area contributed by atoms with E-state index in [4.69, 9.17) is 9.47 Å². The maximum Gasteiger partial charge on any atom is 0.309 e. The van der Waals surface area contributed by atoms with Gasteiger partial charge in [-0.1, -0.05) is 40.2 Å². The predicted molar refractivity (Wildman–Crippen MR) is 140 cm³/mol. The van der Waals surface area contributed by atoms with Crippen LogP contribution in [0.1, 0.15) is 84.2 Å². The molecule has 2 N–H and O–H groups in total. The van der Waals surface area contributed by atoms with E-state index in [-0.39, 0.29) is 29.8 Å². The van der Waals surface area contributed by atoms with Gasteiger partial charge < -0.3 is 24.3 Å². The van der Waals surface area contributed by atoms with Crippen LogP contribution in [-0.2, 0) is 26.1 Å². The zero-order chi connectivity index (χ0) is 27.3. The molecule has 0 aliphatic carbocycles. The van der Waals surface area contributed by atoms with Crippen LogP contribution in [0.5, 0.6) is 0 Å². The third-order valence-corrected chi connectivity index (χ3v) is 8.91. The summed E-state index contributed by atoms with van der Waals surface area (Å²) in [5.74, 6) is -0.683. The molecule has 0 amide bonds. The molecule has 8 heteroatoms. The molecule has 7 atom stereocenters. The number of carbonyl (C=O) groups excluding carboxylic acids is 2. The van der Waals surface area contributed by atoms with Crippen molar-refractivity contribution in [3.8, 4) is 0 Å². The Hall–Kier alpha value is -2.29. The van der Waals surface area contributed by atoms with Crippen molar-refractivity contribution >= 4 is 22.8 Å². The van der Waals surface area contributed by atoms with Crippen LogP contribution < -0.4 is 0 Å². The Balaban J connectivity index is 1.63. The number of fused-ring (bicyclic) bond motifs is 2. The van der Waals surface area contributed by atoms with Gasteiger partial charge in [0.25, 0.3) is 0 Å². The third kappa shape index (κ3) is 5.47. The molecule has 2 fully saturated rings. The smallest absolute Gasteiger partial charge is 0.309 e. The second-order valence-corrected chi connectivity index (χ2v) is 12.1. The van der Waals surface area contributed by atoms with E-state index >= 15 is 0 Å². The third-order valence-electron chi connectivity index (χ3n) is 8.91. The molecular formula is C29H42N2O6. The number of hydrogen-bond acceptors (Lipinski definition) is 7. The van der Waals surface area contributed by atoms with Gasteiger partial charge in [-0.25, -0.2) is 4.98 Å². The number of epoxide rings is 1. The summed E-state index contributed by atoms with van der Waals surface area (Å²) in [4.78, 5) is 31.0. The van der Waals surface area contributed by atoms with Crippen LogP contribution in [0.3, 0.4) is 0 Å². The summed E-state index contributed by atoms with van der Waals surface area (Å²) >= 11 is 0. The number of esters is 1. The van der Waals surface area contributed by atoms with E-state index < -0.39 is 35.6 Å². The van der Waals surface area contributed by atoms with E-state index in [9.17, 15) is 19.8 Å². The van der Waals surface area contributed by atoms with E-state index in [1.165, 1.54) is 0 Å². The largest absolute Gasteiger partial charge is 0.457 e. The van der Waals surface area contributed by atoms with Crippen molar-refractivity contribution in [1.29, 1.82) is 0 Å². The number of aromatic nitrogens is 2. The lowest BCUT2D eigenvalue weighted by Crippen LogP contribution is -2.45. The lowest BCUT2D eigenvalue weighted by Gasteiger charge is -2.34. The first-order valence-corrected chi connectivity index (χ1v) is 13.5. The van der Waals surface area contributed by atoms with Gasteiger partial charge in [0.1, 0.15) is 17.7 Å². The molecule has 2 aliphatic rings. The molecule has 4 rings (SSSR count). The van der Waals surface area contributed by atoms with Gasteiger partial charge >= 0.3 is 5.97 Å². The average molecular weight is 515 g/mol. The predicted octanol–water partition coefficient (Wildman–Crippen LogP) is 4.18. The zero-order valence-electron chi connectivity index (χ0n) is 23.2. The number of aliphatic hydroxyl groups excluding tert-OH is 2. The average Bonchev–Trinajstić information content (AvgIpc) is 3.38. The Labute approximate surface area is 219 Å². The number of cyclic esters (lactones) is 1. The molecular weight excluding hydrogens is 472 g/mol. The number of benzene rings is 1. The first kappa shape index (κ1) is 27.7. The Morgan fingerprint density at radius 3 is 2.54 bits per heavy atom. The highest BCUT2D eigenvalue weighted by Gasteiger charge is 2.53. The highest BCUT2D eigenvalue weighted by atomic mass is 16.6. The van der Waals surface area contributed by atoms with Gasteiger partial charge in [-0.15, -0.1) is 0 Å². The Kier molecular flexibility index (Phi) is 7.58. The van der Waals surface area contributed by atoms with Gasteiger partial charge in [0.2, 0.25) is 0 Å². The fraction of sp³-hybridized carbons (Fsp3) is 0.690. The summed E-state index contributed by atoms with van der Waals surface area (Å²) < 4.78 is 14.1. The molecule has 0 saturated carbocycles. The fourth-order valence-electron chi connectivity index (χ4n) is 5.76. The number of rotatable bonds is 1. The molecule has 2 saturated heterocycles. The number of carbonyl (C=O) groups is 2. The molecule has 0 spiro atoms. The molecule has 1 aromatic heterocycles. The van der Waals surface area contributed by atoms with Crippen LogP contribution in [0.15, 0.2) is 18.2 Å². The number of aryl methyl sites for hydroxylation is 2. The molecule has 0 radical (unpaired) electrons. The van der Waals surface area contributed by atoms with Gasteiger partial charge in [0, 0.05) is 19.4 Å². The van der Waals surface area contributed by atoms with Crippen LogP contribution in [-0.4, -0.2) is 55.4 Å². The Bertz CT molecular complexity index is 1170. The lowest BCUT2D eigenvalue weighted by atomic mass is 9.73. The molecule has 3 heterocycles. The summed E-state index contributed by atoms with van der Waals surface area (Å²) in [6.45, 7) is 10.9. The lowest BCUT2D eigenvalue weighted by molar-refractivity contribution is -0.156. The quantitative estimate of drug-likeness (QED) is 0.433. The minimum absolute atomic E-state index is 0.0681. The van der Waals surface area contributed by atoms with Crippen molar-refractivity contribution in [3.63, 3.8) is 0 Å². The van der Waals surface area contributed by atoms with Crippen LogP contribution in [0.2, 0.25) is 0 Å². The number of ketones is 1. The van der Waals surface area contributed by atoms with Crippen molar-refractivity contribution < 1.29 is 29.3 Å².